The summed E-state index contributed by atoms with van der Waals surface area (Å²) in [6, 6.07) is 3.87. The molecule has 0 N–H and O–H groups in total. The summed E-state index contributed by atoms with van der Waals surface area (Å²) in [5.41, 5.74) is -3.36. The van der Waals surface area contributed by atoms with Crippen molar-refractivity contribution in [1.82, 2.24) is 4.98 Å². The summed E-state index contributed by atoms with van der Waals surface area (Å²) >= 11 is 0. The number of rotatable bonds is 1. The number of hydrogen-bond donors (Lipinski definition) is 0. The van der Waals surface area contributed by atoms with Crippen molar-refractivity contribution in [2.24, 2.45) is 0 Å². The van der Waals surface area contributed by atoms with Gasteiger partial charge in [0.2, 0.25) is 5.95 Å². The Morgan fingerprint density at radius 2 is 1.33 bits per heavy atom. The van der Waals surface area contributed by atoms with E-state index < -0.39 is 35.0 Å². The molecule has 0 aliphatic rings. The number of nitrogens with zero attached hydrogens (tertiary/aromatic N) is 1. The van der Waals surface area contributed by atoms with E-state index in [1.807, 2.05) is 0 Å². The highest BCUT2D eigenvalue weighted by Gasteiger charge is 2.38. The smallest absolute Gasteiger partial charge is 0.228 e. The number of aromatic nitrogens is 1. The summed E-state index contributed by atoms with van der Waals surface area (Å²) in [6.07, 6.45) is -8.79. The van der Waals surface area contributed by atoms with E-state index in [9.17, 15) is 30.7 Å². The molecule has 0 atom stereocenters. The molecule has 0 spiro atoms. The maximum absolute atomic E-state index is 13.3. The van der Waals surface area contributed by atoms with Crippen LogP contribution in [0.25, 0.3) is 11.1 Å². The van der Waals surface area contributed by atoms with Crippen molar-refractivity contribution in [2.45, 2.75) is 12.4 Å². The Morgan fingerprint density at radius 3 is 1.81 bits per heavy atom. The summed E-state index contributed by atoms with van der Waals surface area (Å²) in [6.45, 7) is 0. The lowest BCUT2D eigenvalue weighted by Crippen LogP contribution is -2.11. The van der Waals surface area contributed by atoms with Crippen LogP contribution >= 0.6 is 0 Å². The quantitative estimate of drug-likeness (QED) is 0.538. The maximum atomic E-state index is 13.3. The van der Waals surface area contributed by atoms with Crippen molar-refractivity contribution < 1.29 is 30.7 Å². The van der Waals surface area contributed by atoms with Gasteiger partial charge in [-0.15, -0.1) is 0 Å². The Morgan fingerprint density at radius 1 is 0.762 bits per heavy atom. The lowest BCUT2D eigenvalue weighted by Gasteiger charge is -2.14. The molecule has 0 radical (unpaired) electrons. The van der Waals surface area contributed by atoms with Gasteiger partial charge < -0.3 is 0 Å². The minimum atomic E-state index is -5.00. The van der Waals surface area contributed by atoms with Crippen LogP contribution in [0.4, 0.5) is 30.7 Å². The molecule has 0 saturated heterocycles. The zero-order valence-electron chi connectivity index (χ0n) is 10.1. The van der Waals surface area contributed by atoms with Crippen molar-refractivity contribution in [3.05, 3.63) is 53.6 Å². The number of benzene rings is 1. The molecule has 1 aromatic carbocycles. The molecule has 0 aliphatic heterocycles. The molecule has 1 aromatic heterocycles. The van der Waals surface area contributed by atoms with E-state index in [1.54, 1.807) is 0 Å². The lowest BCUT2D eigenvalue weighted by atomic mass is 10.00. The molecule has 21 heavy (non-hydrogen) atoms. The average Bonchev–Trinajstić information content (AvgIpc) is 2.36. The second kappa shape index (κ2) is 5.01. The second-order valence-corrected chi connectivity index (χ2v) is 4.10. The van der Waals surface area contributed by atoms with Gasteiger partial charge in [0.1, 0.15) is 5.56 Å². The van der Waals surface area contributed by atoms with Gasteiger partial charge in [-0.1, -0.05) is 12.1 Å². The van der Waals surface area contributed by atoms with E-state index in [-0.39, 0.29) is 5.56 Å². The highest BCUT2D eigenvalue weighted by Crippen LogP contribution is 2.39. The minimum Gasteiger partial charge on any atom is -0.228 e. The molecule has 8 heteroatoms. The number of hydrogen-bond acceptors (Lipinski definition) is 1. The van der Waals surface area contributed by atoms with Crippen LogP contribution in [-0.2, 0) is 12.4 Å². The molecule has 0 aliphatic carbocycles. The molecule has 1 nitrogen and oxygen atoms in total. The number of pyridine rings is 1. The van der Waals surface area contributed by atoms with Crippen LogP contribution in [0.5, 0.6) is 0 Å². The van der Waals surface area contributed by atoms with Gasteiger partial charge in [0, 0.05) is 11.8 Å². The molecule has 2 aromatic rings. The fourth-order valence-electron chi connectivity index (χ4n) is 1.79. The zero-order chi connectivity index (χ0) is 15.8. The second-order valence-electron chi connectivity index (χ2n) is 4.10. The topological polar surface area (TPSA) is 12.9 Å². The molecule has 0 unspecified atom stereocenters. The van der Waals surface area contributed by atoms with Gasteiger partial charge in [0.05, 0.1) is 5.56 Å². The van der Waals surface area contributed by atoms with Crippen LogP contribution in [0, 0.1) is 5.95 Å². The standard InChI is InChI=1S/C13H6F7N/c14-11-10(13(18,19)20)9(5-6-21-11)7-1-3-8(4-2-7)12(15,16)17/h1-6H. The molecular weight excluding hydrogens is 303 g/mol. The minimum absolute atomic E-state index is 0.184. The van der Waals surface area contributed by atoms with Crippen molar-refractivity contribution in [2.75, 3.05) is 0 Å². The molecular formula is C13H6F7N. The predicted molar refractivity (Wildman–Crippen MR) is 59.6 cm³/mol. The molecule has 1 heterocycles. The first-order valence-electron chi connectivity index (χ1n) is 5.50. The lowest BCUT2D eigenvalue weighted by molar-refractivity contribution is -0.140. The van der Waals surface area contributed by atoms with Crippen LogP contribution in [0.2, 0.25) is 0 Å². The molecule has 112 valence electrons. The van der Waals surface area contributed by atoms with Gasteiger partial charge in [-0.25, -0.2) is 4.98 Å². The van der Waals surface area contributed by atoms with Crippen molar-refractivity contribution >= 4 is 0 Å². The van der Waals surface area contributed by atoms with Gasteiger partial charge >= 0.3 is 12.4 Å². The van der Waals surface area contributed by atoms with Gasteiger partial charge in [-0.3, -0.25) is 0 Å². The summed E-state index contributed by atoms with van der Waals surface area (Å²) in [5.74, 6) is -1.72. The van der Waals surface area contributed by atoms with E-state index in [0.29, 0.717) is 12.1 Å². The summed E-state index contributed by atoms with van der Waals surface area (Å²) in [7, 11) is 0. The Balaban J connectivity index is 2.56. The van der Waals surface area contributed by atoms with Crippen LogP contribution in [0.1, 0.15) is 11.1 Å². The van der Waals surface area contributed by atoms with Crippen molar-refractivity contribution in [3.63, 3.8) is 0 Å². The fourth-order valence-corrected chi connectivity index (χ4v) is 1.79. The van der Waals surface area contributed by atoms with Gasteiger partial charge in [-0.05, 0) is 23.8 Å². The third-order valence-electron chi connectivity index (χ3n) is 2.71. The summed E-state index contributed by atoms with van der Waals surface area (Å²) in [4.78, 5) is 2.92. The largest absolute Gasteiger partial charge is 0.421 e. The number of halogens is 7. The first kappa shape index (κ1) is 15.3. The van der Waals surface area contributed by atoms with Crippen LogP contribution < -0.4 is 0 Å². The van der Waals surface area contributed by atoms with E-state index >= 15 is 0 Å². The van der Waals surface area contributed by atoms with Crippen LogP contribution in [0.3, 0.4) is 0 Å². The molecule has 2 rings (SSSR count). The van der Waals surface area contributed by atoms with Crippen LogP contribution in [-0.4, -0.2) is 4.98 Å². The fraction of sp³-hybridized carbons (Fsp3) is 0.154. The Labute approximate surface area is 114 Å². The van der Waals surface area contributed by atoms with E-state index in [2.05, 4.69) is 4.98 Å². The van der Waals surface area contributed by atoms with E-state index in [0.717, 1.165) is 24.4 Å². The Hall–Kier alpha value is -2.12. The van der Waals surface area contributed by atoms with Crippen molar-refractivity contribution in [3.8, 4) is 11.1 Å². The predicted octanol–water partition coefficient (Wildman–Crippen LogP) is 4.93. The molecule has 0 fully saturated rings. The summed E-state index contributed by atoms with van der Waals surface area (Å²) in [5, 5.41) is 0. The maximum Gasteiger partial charge on any atom is 0.421 e. The van der Waals surface area contributed by atoms with Gasteiger partial charge in [-0.2, -0.15) is 30.7 Å². The highest BCUT2D eigenvalue weighted by atomic mass is 19.4. The third-order valence-corrected chi connectivity index (χ3v) is 2.71. The van der Waals surface area contributed by atoms with Gasteiger partial charge in [0.25, 0.3) is 0 Å². The molecule has 0 amide bonds. The first-order chi connectivity index (χ1) is 9.60. The molecule has 0 saturated carbocycles. The monoisotopic (exact) mass is 309 g/mol. The first-order valence-corrected chi connectivity index (χ1v) is 5.50. The number of alkyl halides is 6. The van der Waals surface area contributed by atoms with E-state index in [4.69, 9.17) is 0 Å². The van der Waals surface area contributed by atoms with Crippen molar-refractivity contribution in [1.29, 1.82) is 0 Å². The summed E-state index contributed by atoms with van der Waals surface area (Å²) < 4.78 is 88.9. The highest BCUT2D eigenvalue weighted by molar-refractivity contribution is 5.68. The van der Waals surface area contributed by atoms with Gasteiger partial charge in [0.15, 0.2) is 0 Å². The Bertz CT molecular complexity index is 641. The Kier molecular flexibility index (Phi) is 3.65. The SMILES string of the molecule is Fc1nccc(-c2ccc(C(F)(F)F)cc2)c1C(F)(F)F. The van der Waals surface area contributed by atoms with E-state index in [1.165, 1.54) is 0 Å². The molecule has 0 bridgehead atoms. The zero-order valence-corrected chi connectivity index (χ0v) is 10.1. The average molecular weight is 309 g/mol. The normalized spacial score (nSPS) is 12.5. The third kappa shape index (κ3) is 3.14. The van der Waals surface area contributed by atoms with Crippen LogP contribution in [0.15, 0.2) is 36.5 Å².